The van der Waals surface area contributed by atoms with E-state index in [9.17, 15) is 20.0 Å². The van der Waals surface area contributed by atoms with Gasteiger partial charge in [0.2, 0.25) is 5.91 Å². The van der Waals surface area contributed by atoms with E-state index in [4.69, 9.17) is 0 Å². The molecule has 0 unspecified atom stereocenters. The number of carbonyl (C=O) groups excluding carboxylic acids is 1. The number of aromatic hydroxyl groups is 1. The van der Waals surface area contributed by atoms with Crippen LogP contribution in [-0.2, 0) is 4.79 Å². The molecule has 1 amide bonds. The molecular weight excluding hydrogens is 260 g/mol. The second-order valence-electron chi connectivity index (χ2n) is 5.14. The van der Waals surface area contributed by atoms with Crippen molar-refractivity contribution >= 4 is 17.3 Å². The van der Waals surface area contributed by atoms with Gasteiger partial charge in [0.05, 0.1) is 16.7 Å². The fraction of sp³-hybridized carbons (Fsp3) is 0.500. The Labute approximate surface area is 117 Å². The number of carbonyl (C=O) groups is 1. The topological polar surface area (TPSA) is 92.5 Å². The summed E-state index contributed by atoms with van der Waals surface area (Å²) < 4.78 is 0. The highest BCUT2D eigenvalue weighted by atomic mass is 16.6. The Morgan fingerprint density at radius 2 is 1.90 bits per heavy atom. The number of nitro groups is 1. The first kappa shape index (κ1) is 14.3. The summed E-state index contributed by atoms with van der Waals surface area (Å²) in [6.45, 7) is 0. The van der Waals surface area contributed by atoms with Crippen LogP contribution in [0.2, 0.25) is 0 Å². The molecule has 0 atom stereocenters. The highest BCUT2D eigenvalue weighted by Crippen LogP contribution is 2.30. The minimum absolute atomic E-state index is 0.0351. The van der Waals surface area contributed by atoms with E-state index >= 15 is 0 Å². The maximum absolute atomic E-state index is 12.1. The van der Waals surface area contributed by atoms with Gasteiger partial charge in [-0.1, -0.05) is 25.7 Å². The zero-order chi connectivity index (χ0) is 14.5. The summed E-state index contributed by atoms with van der Waals surface area (Å²) in [4.78, 5) is 22.1. The third-order valence-corrected chi connectivity index (χ3v) is 3.68. The lowest BCUT2D eigenvalue weighted by atomic mass is 9.99. The first-order valence-electron chi connectivity index (χ1n) is 6.86. The monoisotopic (exact) mass is 278 g/mol. The van der Waals surface area contributed by atoms with Gasteiger partial charge in [0, 0.05) is 12.0 Å². The van der Waals surface area contributed by atoms with Crippen molar-refractivity contribution < 1.29 is 14.8 Å². The summed E-state index contributed by atoms with van der Waals surface area (Å²) in [5.74, 6) is -0.427. The van der Waals surface area contributed by atoms with Gasteiger partial charge in [0.15, 0.2) is 0 Å². The van der Waals surface area contributed by atoms with Crippen molar-refractivity contribution in [1.82, 2.24) is 0 Å². The second kappa shape index (κ2) is 6.36. The molecule has 0 aromatic heterocycles. The minimum atomic E-state index is -0.587. The van der Waals surface area contributed by atoms with E-state index in [1.807, 2.05) is 0 Å². The number of hydrogen-bond donors (Lipinski definition) is 2. The molecule has 0 saturated heterocycles. The zero-order valence-electron chi connectivity index (χ0n) is 11.2. The lowest BCUT2D eigenvalue weighted by Crippen LogP contribution is -2.22. The van der Waals surface area contributed by atoms with Crippen molar-refractivity contribution in [1.29, 1.82) is 0 Å². The predicted molar refractivity (Wildman–Crippen MR) is 74.6 cm³/mol. The minimum Gasteiger partial charge on any atom is -0.506 e. The van der Waals surface area contributed by atoms with Gasteiger partial charge in [-0.25, -0.2) is 0 Å². The highest BCUT2D eigenvalue weighted by Gasteiger charge is 2.21. The van der Waals surface area contributed by atoms with Crippen LogP contribution in [0.5, 0.6) is 5.75 Å². The van der Waals surface area contributed by atoms with Crippen LogP contribution >= 0.6 is 0 Å². The zero-order valence-corrected chi connectivity index (χ0v) is 11.2. The largest absolute Gasteiger partial charge is 0.506 e. The number of phenolic OH excluding ortho intramolecular Hbond substituents is 1. The number of amides is 1. The summed E-state index contributed by atoms with van der Waals surface area (Å²) in [7, 11) is 0. The normalized spacial score (nSPS) is 16.4. The number of hydrogen-bond acceptors (Lipinski definition) is 4. The van der Waals surface area contributed by atoms with E-state index in [1.165, 1.54) is 12.1 Å². The van der Waals surface area contributed by atoms with Gasteiger partial charge in [-0.2, -0.15) is 0 Å². The molecule has 1 aromatic carbocycles. The number of benzene rings is 1. The molecule has 6 nitrogen and oxygen atoms in total. The molecule has 2 rings (SSSR count). The van der Waals surface area contributed by atoms with Gasteiger partial charge in [0.25, 0.3) is 5.69 Å². The molecule has 1 aliphatic rings. The molecule has 2 N–H and O–H groups in total. The van der Waals surface area contributed by atoms with Crippen LogP contribution in [0.15, 0.2) is 18.2 Å². The molecule has 1 aliphatic carbocycles. The molecule has 1 fully saturated rings. The second-order valence-corrected chi connectivity index (χ2v) is 5.14. The molecule has 0 bridgehead atoms. The molecule has 20 heavy (non-hydrogen) atoms. The lowest BCUT2D eigenvalue weighted by molar-refractivity contribution is -0.384. The standard InChI is InChI=1S/C14H18N2O4/c17-13-9-11(16(19)20)7-8-12(13)15-14(18)10-5-3-1-2-4-6-10/h7-10,17H,1-6H2,(H,15,18). The fourth-order valence-electron chi connectivity index (χ4n) is 2.52. The highest BCUT2D eigenvalue weighted by molar-refractivity contribution is 5.94. The first-order valence-corrected chi connectivity index (χ1v) is 6.86. The number of nitrogens with zero attached hydrogens (tertiary/aromatic N) is 1. The fourth-order valence-corrected chi connectivity index (χ4v) is 2.52. The van der Waals surface area contributed by atoms with Crippen molar-refractivity contribution in [2.45, 2.75) is 38.5 Å². The molecule has 0 radical (unpaired) electrons. The Morgan fingerprint density at radius 3 is 2.45 bits per heavy atom. The number of anilines is 1. The van der Waals surface area contributed by atoms with Gasteiger partial charge in [-0.15, -0.1) is 0 Å². The molecule has 6 heteroatoms. The molecular formula is C14H18N2O4. The van der Waals surface area contributed by atoms with Gasteiger partial charge in [0.1, 0.15) is 5.75 Å². The van der Waals surface area contributed by atoms with Crippen molar-refractivity contribution in [3.8, 4) is 5.75 Å². The Morgan fingerprint density at radius 1 is 1.25 bits per heavy atom. The molecule has 0 heterocycles. The van der Waals surface area contributed by atoms with Crippen molar-refractivity contribution in [2.75, 3.05) is 5.32 Å². The van der Waals surface area contributed by atoms with E-state index in [-0.39, 0.29) is 28.9 Å². The number of non-ortho nitro benzene ring substituents is 1. The van der Waals surface area contributed by atoms with Crippen molar-refractivity contribution in [2.24, 2.45) is 5.92 Å². The third-order valence-electron chi connectivity index (χ3n) is 3.68. The number of nitro benzene ring substituents is 1. The van der Waals surface area contributed by atoms with Gasteiger partial charge in [-0.05, 0) is 18.9 Å². The molecule has 1 saturated carbocycles. The van der Waals surface area contributed by atoms with Crippen LogP contribution in [0.3, 0.4) is 0 Å². The van der Waals surface area contributed by atoms with E-state index in [0.717, 1.165) is 44.6 Å². The van der Waals surface area contributed by atoms with E-state index < -0.39 is 4.92 Å². The van der Waals surface area contributed by atoms with Gasteiger partial charge in [-0.3, -0.25) is 14.9 Å². The predicted octanol–water partition coefficient (Wildman–Crippen LogP) is 3.21. The van der Waals surface area contributed by atoms with Gasteiger partial charge < -0.3 is 10.4 Å². The van der Waals surface area contributed by atoms with Crippen LogP contribution in [0, 0.1) is 16.0 Å². The lowest BCUT2D eigenvalue weighted by Gasteiger charge is -2.14. The number of phenols is 1. The Hall–Kier alpha value is -2.11. The molecule has 1 aromatic rings. The third kappa shape index (κ3) is 3.46. The quantitative estimate of drug-likeness (QED) is 0.384. The summed E-state index contributed by atoms with van der Waals surface area (Å²) >= 11 is 0. The average molecular weight is 278 g/mol. The van der Waals surface area contributed by atoms with E-state index in [2.05, 4.69) is 5.32 Å². The summed E-state index contributed by atoms with van der Waals surface area (Å²) in [6.07, 6.45) is 6.13. The maximum atomic E-state index is 12.1. The average Bonchev–Trinajstić information content (AvgIpc) is 2.69. The number of rotatable bonds is 3. The molecule has 0 aliphatic heterocycles. The van der Waals surface area contributed by atoms with Crippen LogP contribution in [-0.4, -0.2) is 15.9 Å². The van der Waals surface area contributed by atoms with Crippen LogP contribution in [0.25, 0.3) is 0 Å². The van der Waals surface area contributed by atoms with E-state index in [1.54, 1.807) is 0 Å². The SMILES string of the molecule is O=C(Nc1ccc([N+](=O)[O-])cc1O)C1CCCCCC1. The summed E-state index contributed by atoms with van der Waals surface area (Å²) in [5, 5.41) is 23.0. The Balaban J connectivity index is 2.05. The van der Waals surface area contributed by atoms with Crippen molar-refractivity contribution in [3.63, 3.8) is 0 Å². The number of nitrogens with one attached hydrogen (secondary N) is 1. The molecule has 0 spiro atoms. The Kier molecular flexibility index (Phi) is 4.55. The van der Waals surface area contributed by atoms with Gasteiger partial charge >= 0.3 is 0 Å². The van der Waals surface area contributed by atoms with Crippen LogP contribution in [0.4, 0.5) is 11.4 Å². The van der Waals surface area contributed by atoms with Crippen LogP contribution < -0.4 is 5.32 Å². The maximum Gasteiger partial charge on any atom is 0.273 e. The smallest absolute Gasteiger partial charge is 0.273 e. The Bertz CT molecular complexity index is 508. The van der Waals surface area contributed by atoms with Crippen molar-refractivity contribution in [3.05, 3.63) is 28.3 Å². The summed E-state index contributed by atoms with van der Waals surface area (Å²) in [6, 6.07) is 3.67. The molecule has 108 valence electrons. The van der Waals surface area contributed by atoms with E-state index in [0.29, 0.717) is 0 Å². The van der Waals surface area contributed by atoms with Crippen LogP contribution in [0.1, 0.15) is 38.5 Å². The first-order chi connectivity index (χ1) is 9.58. The summed E-state index contributed by atoms with van der Waals surface area (Å²) in [5.41, 5.74) is 0.0276.